The number of aryl methyl sites for hydroxylation is 1. The zero-order valence-corrected chi connectivity index (χ0v) is 17.4. The van der Waals surface area contributed by atoms with Crippen molar-refractivity contribution >= 4 is 17.5 Å². The number of nitrogens with zero attached hydrogens (tertiary/aromatic N) is 3. The van der Waals surface area contributed by atoms with E-state index in [1.807, 2.05) is 38.2 Å². The molecule has 0 unspecified atom stereocenters. The molecule has 0 bridgehead atoms. The maximum absolute atomic E-state index is 11.4. The van der Waals surface area contributed by atoms with Gasteiger partial charge in [-0.05, 0) is 63.6 Å². The Kier molecular flexibility index (Phi) is 6.64. The average molecular weight is 399 g/mol. The summed E-state index contributed by atoms with van der Waals surface area (Å²) in [5, 5.41) is 21.2. The summed E-state index contributed by atoms with van der Waals surface area (Å²) in [6.45, 7) is 5.53. The van der Waals surface area contributed by atoms with Crippen molar-refractivity contribution in [3.63, 3.8) is 0 Å². The molecule has 1 aliphatic rings. The van der Waals surface area contributed by atoms with Crippen LogP contribution in [0.4, 0.5) is 17.5 Å². The Morgan fingerprint density at radius 2 is 1.97 bits per heavy atom. The molecular weight excluding hydrogens is 368 g/mol. The molecule has 0 spiro atoms. The van der Waals surface area contributed by atoms with Crippen LogP contribution in [0.3, 0.4) is 0 Å². The van der Waals surface area contributed by atoms with Crippen LogP contribution in [0.15, 0.2) is 30.5 Å². The molecule has 8 heteroatoms. The van der Waals surface area contributed by atoms with E-state index in [4.69, 9.17) is 0 Å². The van der Waals surface area contributed by atoms with Crippen molar-refractivity contribution in [1.82, 2.24) is 15.3 Å². The minimum Gasteiger partial charge on any atom is -0.364 e. The molecule has 156 valence electrons. The third-order valence-corrected chi connectivity index (χ3v) is 6.03. The van der Waals surface area contributed by atoms with Crippen LogP contribution in [0.1, 0.15) is 43.7 Å². The van der Waals surface area contributed by atoms with Crippen molar-refractivity contribution in [2.45, 2.75) is 51.6 Å². The number of nitro groups is 1. The fraction of sp³-hybridized carbons (Fsp3) is 0.524. The maximum atomic E-state index is 11.4. The summed E-state index contributed by atoms with van der Waals surface area (Å²) in [4.78, 5) is 19.4. The Morgan fingerprint density at radius 3 is 2.62 bits per heavy atom. The third kappa shape index (κ3) is 5.41. The second-order valence-electron chi connectivity index (χ2n) is 8.10. The van der Waals surface area contributed by atoms with E-state index in [-0.39, 0.29) is 17.0 Å². The molecule has 1 saturated carbocycles. The molecule has 0 atom stereocenters. The van der Waals surface area contributed by atoms with Crippen molar-refractivity contribution in [3.8, 4) is 0 Å². The van der Waals surface area contributed by atoms with E-state index in [0.717, 1.165) is 31.2 Å². The second-order valence-corrected chi connectivity index (χ2v) is 8.10. The summed E-state index contributed by atoms with van der Waals surface area (Å²) in [6, 6.07) is 8.06. The summed E-state index contributed by atoms with van der Waals surface area (Å²) in [6.07, 6.45) is 5.65. The van der Waals surface area contributed by atoms with Gasteiger partial charge < -0.3 is 16.0 Å². The molecule has 1 fully saturated rings. The molecule has 1 heterocycles. The molecule has 8 nitrogen and oxygen atoms in total. The monoisotopic (exact) mass is 398 g/mol. The quantitative estimate of drug-likeness (QED) is 0.458. The minimum absolute atomic E-state index is 0.0951. The topological polar surface area (TPSA) is 105 Å². The molecule has 1 aromatic carbocycles. The second kappa shape index (κ2) is 9.17. The first-order chi connectivity index (χ1) is 13.9. The molecule has 2 aromatic rings. The van der Waals surface area contributed by atoms with E-state index < -0.39 is 4.92 Å². The minimum atomic E-state index is -0.438. The summed E-state index contributed by atoms with van der Waals surface area (Å²) in [5.74, 6) is 1.14. The van der Waals surface area contributed by atoms with Gasteiger partial charge in [-0.3, -0.25) is 10.1 Å². The van der Waals surface area contributed by atoms with E-state index >= 15 is 0 Å². The zero-order valence-electron chi connectivity index (χ0n) is 17.4. The molecule has 29 heavy (non-hydrogen) atoms. The van der Waals surface area contributed by atoms with Gasteiger partial charge in [0, 0.05) is 18.6 Å². The van der Waals surface area contributed by atoms with Crippen molar-refractivity contribution in [1.29, 1.82) is 0 Å². The van der Waals surface area contributed by atoms with Gasteiger partial charge in [0.1, 0.15) is 6.20 Å². The molecule has 1 aromatic heterocycles. The number of anilines is 2. The van der Waals surface area contributed by atoms with Gasteiger partial charge in [0.25, 0.3) is 0 Å². The van der Waals surface area contributed by atoms with Gasteiger partial charge in [-0.15, -0.1) is 0 Å². The van der Waals surface area contributed by atoms with Crippen LogP contribution in [-0.2, 0) is 6.54 Å². The maximum Gasteiger partial charge on any atom is 0.329 e. The van der Waals surface area contributed by atoms with Crippen LogP contribution in [-0.4, -0.2) is 34.0 Å². The Hall–Kier alpha value is -2.74. The highest BCUT2D eigenvalue weighted by atomic mass is 16.6. The zero-order chi connectivity index (χ0) is 20.9. The number of nitrogens with one attached hydrogen (secondary N) is 3. The highest BCUT2D eigenvalue weighted by molar-refractivity contribution is 5.57. The van der Waals surface area contributed by atoms with Gasteiger partial charge in [0.2, 0.25) is 11.8 Å². The number of rotatable bonds is 8. The third-order valence-electron chi connectivity index (χ3n) is 6.03. The Balaban J connectivity index is 1.64. The lowest BCUT2D eigenvalue weighted by Gasteiger charge is -2.37. The number of hydrogen-bond acceptors (Lipinski definition) is 7. The van der Waals surface area contributed by atoms with E-state index in [9.17, 15) is 10.1 Å². The lowest BCUT2D eigenvalue weighted by molar-refractivity contribution is -0.384. The fourth-order valence-electron chi connectivity index (χ4n) is 3.72. The van der Waals surface area contributed by atoms with Crippen LogP contribution in [0, 0.1) is 23.0 Å². The van der Waals surface area contributed by atoms with Crippen molar-refractivity contribution in [3.05, 3.63) is 51.7 Å². The van der Waals surface area contributed by atoms with Gasteiger partial charge in [0.05, 0.1) is 4.92 Å². The number of benzene rings is 1. The molecular formula is C21H30N6O2. The van der Waals surface area contributed by atoms with Gasteiger partial charge in [-0.25, -0.2) is 4.98 Å². The highest BCUT2D eigenvalue weighted by Crippen LogP contribution is 2.32. The Labute approximate surface area is 171 Å². The predicted octanol–water partition coefficient (Wildman–Crippen LogP) is 3.89. The Morgan fingerprint density at radius 1 is 1.24 bits per heavy atom. The smallest absolute Gasteiger partial charge is 0.329 e. The largest absolute Gasteiger partial charge is 0.364 e. The van der Waals surface area contributed by atoms with Gasteiger partial charge in [-0.1, -0.05) is 24.3 Å². The first-order valence-corrected chi connectivity index (χ1v) is 10.1. The van der Waals surface area contributed by atoms with Crippen LogP contribution < -0.4 is 16.0 Å². The van der Waals surface area contributed by atoms with E-state index in [2.05, 4.69) is 32.8 Å². The molecule has 0 saturated heterocycles. The highest BCUT2D eigenvalue weighted by Gasteiger charge is 2.29. The molecule has 0 radical (unpaired) electrons. The summed E-state index contributed by atoms with van der Waals surface area (Å²) < 4.78 is 0. The van der Waals surface area contributed by atoms with Crippen LogP contribution in [0.2, 0.25) is 0 Å². The molecule has 0 amide bonds. The van der Waals surface area contributed by atoms with E-state index in [1.54, 1.807) is 0 Å². The number of hydrogen-bond donors (Lipinski definition) is 3. The Bertz CT molecular complexity index is 849. The summed E-state index contributed by atoms with van der Waals surface area (Å²) >= 11 is 0. The first kappa shape index (κ1) is 21.0. The molecule has 1 aliphatic carbocycles. The fourth-order valence-corrected chi connectivity index (χ4v) is 3.72. The first-order valence-electron chi connectivity index (χ1n) is 10.1. The molecule has 3 N–H and O–H groups in total. The van der Waals surface area contributed by atoms with Gasteiger partial charge in [0.15, 0.2) is 0 Å². The lowest BCUT2D eigenvalue weighted by Crippen LogP contribution is -2.43. The summed E-state index contributed by atoms with van der Waals surface area (Å²) in [7, 11) is 2.01. The predicted molar refractivity (Wildman–Crippen MR) is 115 cm³/mol. The standard InChI is InChI=1S/C21H30N6O2/c1-15-6-4-5-7-17(15)13-24-20-25-14-18(27(28)29)19(26-20)23-12-16-8-10-21(2,22-3)11-9-16/h4-7,14,16,22H,8-13H2,1-3H3,(H2,23,24,25,26). The van der Waals surface area contributed by atoms with Crippen molar-refractivity contribution < 1.29 is 4.92 Å². The lowest BCUT2D eigenvalue weighted by atomic mass is 9.78. The van der Waals surface area contributed by atoms with E-state index in [1.165, 1.54) is 11.8 Å². The molecule has 0 aliphatic heterocycles. The summed E-state index contributed by atoms with van der Waals surface area (Å²) in [5.41, 5.74) is 2.41. The van der Waals surface area contributed by atoms with Gasteiger partial charge >= 0.3 is 5.69 Å². The van der Waals surface area contributed by atoms with Crippen molar-refractivity contribution in [2.75, 3.05) is 24.2 Å². The van der Waals surface area contributed by atoms with Crippen molar-refractivity contribution in [2.24, 2.45) is 5.92 Å². The number of aromatic nitrogens is 2. The molecule has 3 rings (SSSR count). The van der Waals surface area contributed by atoms with E-state index in [0.29, 0.717) is 25.0 Å². The van der Waals surface area contributed by atoms with Crippen LogP contribution in [0.25, 0.3) is 0 Å². The van der Waals surface area contributed by atoms with Gasteiger partial charge in [-0.2, -0.15) is 4.98 Å². The normalized spacial score (nSPS) is 21.6. The SMILES string of the molecule is CNC1(C)CCC(CNc2nc(NCc3ccccc3C)ncc2[N+](=O)[O-])CC1. The average Bonchev–Trinajstić information content (AvgIpc) is 2.72. The van der Waals surface area contributed by atoms with Crippen LogP contribution >= 0.6 is 0 Å². The van der Waals surface area contributed by atoms with Crippen LogP contribution in [0.5, 0.6) is 0 Å².